The standard InChI is InChI=1S/C10H10BNO3/c13-10(14)9(12-7-11-15)6-8-4-2-1-3-5-8/h1-5,7,9H,6H2,(H,13,14)/t9-/m1/s1. The Kier molecular flexibility index (Phi) is 4.41. The molecule has 0 radical (unpaired) electrons. The van der Waals surface area contributed by atoms with Gasteiger partial charge in [-0.15, -0.1) is 0 Å². The van der Waals surface area contributed by atoms with Gasteiger partial charge in [0.25, 0.3) is 0 Å². The number of hydrogen-bond acceptors (Lipinski definition) is 3. The molecule has 0 amide bonds. The molecule has 0 saturated heterocycles. The molecule has 1 aromatic carbocycles. The molecule has 0 aromatic heterocycles. The van der Waals surface area contributed by atoms with Crippen molar-refractivity contribution in [2.75, 3.05) is 0 Å². The van der Waals surface area contributed by atoms with E-state index in [4.69, 9.17) is 5.11 Å². The van der Waals surface area contributed by atoms with Gasteiger partial charge in [-0.2, -0.15) is 0 Å². The molecule has 4 nitrogen and oxygen atoms in total. The van der Waals surface area contributed by atoms with E-state index in [0.717, 1.165) is 11.7 Å². The van der Waals surface area contributed by atoms with Crippen LogP contribution >= 0.6 is 0 Å². The van der Waals surface area contributed by atoms with Crippen LogP contribution in [0.3, 0.4) is 0 Å². The van der Waals surface area contributed by atoms with Gasteiger partial charge in [-0.05, 0) is 0 Å². The Morgan fingerprint density at radius 2 is 2.13 bits per heavy atom. The van der Waals surface area contributed by atoms with E-state index in [9.17, 15) is 9.50 Å². The molecule has 1 atom stereocenters. The Balaban J connectivity index is 2.71. The first kappa shape index (κ1) is 11.3. The molecule has 0 spiro atoms. The van der Waals surface area contributed by atoms with Crippen molar-refractivity contribution in [3.05, 3.63) is 35.9 Å². The molecule has 1 N–H and O–H groups in total. The molecular weight excluding hydrogens is 193 g/mol. The number of nitrogens with zero attached hydrogens (tertiary/aromatic N) is 1. The summed E-state index contributed by atoms with van der Waals surface area (Å²) in [5, 5.41) is 8.83. The zero-order chi connectivity index (χ0) is 11.1. The third kappa shape index (κ3) is 3.85. The predicted molar refractivity (Wildman–Crippen MR) is 56.5 cm³/mol. The SMILES string of the molecule is O=BC=N[C@H](Cc1ccccc1)C(=O)O. The normalized spacial score (nSPS) is 12.3. The van der Waals surface area contributed by atoms with Crippen molar-refractivity contribution in [1.29, 1.82) is 0 Å². The van der Waals surface area contributed by atoms with Gasteiger partial charge >= 0.3 is 87.2 Å². The Bertz CT molecular complexity index is 364. The molecule has 0 bridgehead atoms. The van der Waals surface area contributed by atoms with Crippen LogP contribution in [0.25, 0.3) is 0 Å². The number of benzene rings is 1. The third-order valence-corrected chi connectivity index (χ3v) is 1.88. The second-order valence-corrected chi connectivity index (χ2v) is 2.98. The van der Waals surface area contributed by atoms with Gasteiger partial charge in [0.05, 0.1) is 0 Å². The second kappa shape index (κ2) is 5.85. The van der Waals surface area contributed by atoms with Crippen LogP contribution in [0.15, 0.2) is 35.3 Å². The van der Waals surface area contributed by atoms with Crippen LogP contribution < -0.4 is 0 Å². The van der Waals surface area contributed by atoms with E-state index in [2.05, 4.69) is 4.99 Å². The van der Waals surface area contributed by atoms with Crippen LogP contribution in [-0.4, -0.2) is 30.4 Å². The Morgan fingerprint density at radius 3 is 2.67 bits per heavy atom. The molecule has 0 heterocycles. The first-order chi connectivity index (χ1) is 7.24. The van der Waals surface area contributed by atoms with E-state index in [-0.39, 0.29) is 0 Å². The molecule has 76 valence electrons. The summed E-state index contributed by atoms with van der Waals surface area (Å²) in [5.41, 5.74) is 0.882. The number of aliphatic carboxylic acids is 1. The predicted octanol–water partition coefficient (Wildman–Crippen LogP) is 0.760. The van der Waals surface area contributed by atoms with Crippen LogP contribution in [-0.2, 0) is 15.9 Å². The fourth-order valence-corrected chi connectivity index (χ4v) is 1.18. The first-order valence-corrected chi connectivity index (χ1v) is 4.47. The Hall–Kier alpha value is -1.78. The molecule has 0 aliphatic heterocycles. The van der Waals surface area contributed by atoms with Crippen LogP contribution in [0, 0.1) is 0 Å². The quantitative estimate of drug-likeness (QED) is 0.567. The summed E-state index contributed by atoms with van der Waals surface area (Å²) in [6.45, 7) is 0. The van der Waals surface area contributed by atoms with Gasteiger partial charge in [0.1, 0.15) is 0 Å². The van der Waals surface area contributed by atoms with Gasteiger partial charge in [-0.25, -0.2) is 0 Å². The topological polar surface area (TPSA) is 66.7 Å². The molecule has 0 aliphatic carbocycles. The van der Waals surface area contributed by atoms with E-state index in [0.29, 0.717) is 13.6 Å². The van der Waals surface area contributed by atoms with Gasteiger partial charge in [0.15, 0.2) is 0 Å². The number of carboxylic acid groups (broad SMARTS) is 1. The number of carbonyl (C=O) groups is 1. The minimum absolute atomic E-state index is 0.292. The van der Waals surface area contributed by atoms with Crippen molar-refractivity contribution in [2.24, 2.45) is 4.99 Å². The number of hydrogen-bond donors (Lipinski definition) is 1. The molecule has 0 aliphatic rings. The number of carboxylic acids is 1. The maximum atomic E-state index is 10.8. The average molecular weight is 203 g/mol. The average Bonchev–Trinajstić information content (AvgIpc) is 2.25. The minimum atomic E-state index is -1.03. The van der Waals surface area contributed by atoms with Gasteiger partial charge < -0.3 is 0 Å². The van der Waals surface area contributed by atoms with E-state index in [1.54, 1.807) is 0 Å². The van der Waals surface area contributed by atoms with Gasteiger partial charge in [0.2, 0.25) is 0 Å². The summed E-state index contributed by atoms with van der Waals surface area (Å²) in [7, 11) is 0.473. The summed E-state index contributed by atoms with van der Waals surface area (Å²) in [5.74, 6) is -1.03. The Labute approximate surface area is 87.9 Å². The van der Waals surface area contributed by atoms with E-state index in [1.807, 2.05) is 30.3 Å². The molecule has 1 aromatic rings. The van der Waals surface area contributed by atoms with E-state index >= 15 is 0 Å². The fraction of sp³-hybridized carbons (Fsp3) is 0.200. The van der Waals surface area contributed by atoms with Crippen molar-refractivity contribution in [3.8, 4) is 0 Å². The van der Waals surface area contributed by atoms with Crippen LogP contribution in [0.2, 0.25) is 0 Å². The van der Waals surface area contributed by atoms with Crippen molar-refractivity contribution >= 4 is 19.2 Å². The summed E-state index contributed by atoms with van der Waals surface area (Å²) < 4.78 is 10.0. The monoisotopic (exact) mass is 203 g/mol. The molecule has 0 unspecified atom stereocenters. The van der Waals surface area contributed by atoms with Gasteiger partial charge in [-0.3, -0.25) is 0 Å². The molecule has 1 rings (SSSR count). The Morgan fingerprint density at radius 1 is 1.47 bits per heavy atom. The van der Waals surface area contributed by atoms with Crippen molar-refractivity contribution in [2.45, 2.75) is 12.5 Å². The summed E-state index contributed by atoms with van der Waals surface area (Å²) >= 11 is 0. The van der Waals surface area contributed by atoms with E-state index < -0.39 is 12.0 Å². The van der Waals surface area contributed by atoms with Crippen LogP contribution in [0.1, 0.15) is 5.56 Å². The molecular formula is C10H10BNO3. The summed E-state index contributed by atoms with van der Waals surface area (Å²) in [6, 6.07) is 8.28. The first-order valence-electron chi connectivity index (χ1n) is 4.47. The van der Waals surface area contributed by atoms with Crippen molar-refractivity contribution < 1.29 is 14.6 Å². The fourth-order valence-electron chi connectivity index (χ4n) is 1.18. The third-order valence-electron chi connectivity index (χ3n) is 1.88. The number of aliphatic imine (C=N–C) groups is 1. The maximum absolute atomic E-state index is 10.8. The van der Waals surface area contributed by atoms with Gasteiger partial charge in [-0.1, -0.05) is 0 Å². The number of rotatable bonds is 5. The summed E-state index contributed by atoms with van der Waals surface area (Å²) in [6.07, 6.45) is 1.27. The summed E-state index contributed by atoms with van der Waals surface area (Å²) in [4.78, 5) is 14.4. The molecule has 15 heavy (non-hydrogen) atoms. The van der Waals surface area contributed by atoms with Crippen molar-refractivity contribution in [3.63, 3.8) is 0 Å². The zero-order valence-corrected chi connectivity index (χ0v) is 8.04. The van der Waals surface area contributed by atoms with Crippen LogP contribution in [0.4, 0.5) is 0 Å². The zero-order valence-electron chi connectivity index (χ0n) is 8.04. The molecule has 0 fully saturated rings. The van der Waals surface area contributed by atoms with Crippen LogP contribution in [0.5, 0.6) is 0 Å². The van der Waals surface area contributed by atoms with Crippen molar-refractivity contribution in [1.82, 2.24) is 0 Å². The molecule has 5 heteroatoms. The van der Waals surface area contributed by atoms with E-state index in [1.165, 1.54) is 0 Å². The molecule has 0 saturated carbocycles. The van der Waals surface area contributed by atoms with Gasteiger partial charge in [0, 0.05) is 0 Å². The second-order valence-electron chi connectivity index (χ2n) is 2.98.